The minimum atomic E-state index is -0.0460. The zero-order valence-corrected chi connectivity index (χ0v) is 42.8. The molecule has 0 fully saturated rings. The Balaban J connectivity index is 1.25. The van der Waals surface area contributed by atoms with E-state index < -0.39 is 0 Å². The minimum absolute atomic E-state index is 0.0285. The number of furan rings is 1. The summed E-state index contributed by atoms with van der Waals surface area (Å²) in [5, 5.41) is 2.40. The maximum Gasteiger partial charge on any atom is 0.252 e. The summed E-state index contributed by atoms with van der Waals surface area (Å²) in [5.74, 6) is 0. The van der Waals surface area contributed by atoms with E-state index in [0.29, 0.717) is 0 Å². The molecule has 0 saturated heterocycles. The van der Waals surface area contributed by atoms with Gasteiger partial charge in [0, 0.05) is 39.2 Å². The second kappa shape index (κ2) is 14.3. The van der Waals surface area contributed by atoms with Crippen LogP contribution in [0.4, 0.5) is 34.1 Å². The molecule has 0 N–H and O–H groups in total. The van der Waals surface area contributed by atoms with Gasteiger partial charge in [-0.25, -0.2) is 0 Å². The van der Waals surface area contributed by atoms with E-state index in [9.17, 15) is 0 Å². The third-order valence-corrected chi connectivity index (χ3v) is 17.4. The van der Waals surface area contributed by atoms with Crippen LogP contribution >= 0.6 is 0 Å². The molecular formula is C64H67BN2O. The predicted octanol–water partition coefficient (Wildman–Crippen LogP) is 15.9. The fourth-order valence-corrected chi connectivity index (χ4v) is 12.9. The lowest BCUT2D eigenvalue weighted by atomic mass is 9.33. The van der Waals surface area contributed by atoms with E-state index in [-0.39, 0.29) is 33.8 Å². The van der Waals surface area contributed by atoms with Gasteiger partial charge in [-0.2, -0.15) is 0 Å². The standard InChI is InChI=1S/C64H67BN2O/c1-38-19-17-18-22-51(38)67-55-33-41(40-20-15-14-16-21-40)32-54-57(55)65(49-25-24-43-44-34-45-48(37-56(44)68-59(43)58(49)67)64(12,13)30-27-61(45,6)7)50-35-46-47(63(10,11)29-28-62(46,8)9)36-53(50)66(54)52-26-23-42(31-39(52)2)60(3,4)5/h14-26,31-37H,27-30H2,1-13H3. The summed E-state index contributed by atoms with van der Waals surface area (Å²) < 4.78 is 7.47. The first-order valence-electron chi connectivity index (χ1n) is 25.4. The third-order valence-electron chi connectivity index (χ3n) is 17.4. The van der Waals surface area contributed by atoms with Gasteiger partial charge < -0.3 is 14.2 Å². The van der Waals surface area contributed by atoms with E-state index in [4.69, 9.17) is 4.42 Å². The SMILES string of the molecule is Cc1cc(C(C)(C)C)ccc1N1c2cc3c(cc2B2c4ccc5c(oc6cc7c(cc65)C(C)(C)CCC7(C)C)c4N(c4ccccc4C)c4cc(-c5ccccc5)cc1c42)C(C)(C)CCC3(C)C. The lowest BCUT2D eigenvalue weighted by molar-refractivity contribution is 0.332. The Morgan fingerprint density at radius 3 is 1.68 bits per heavy atom. The maximum absolute atomic E-state index is 7.47. The van der Waals surface area contributed by atoms with Gasteiger partial charge in [-0.1, -0.05) is 155 Å². The topological polar surface area (TPSA) is 19.6 Å². The van der Waals surface area contributed by atoms with Crippen molar-refractivity contribution in [3.8, 4) is 11.1 Å². The zero-order chi connectivity index (χ0) is 47.6. The first-order valence-corrected chi connectivity index (χ1v) is 25.4. The molecule has 2 aliphatic heterocycles. The molecule has 0 spiro atoms. The number of fused-ring (bicyclic) bond motifs is 10. The first-order chi connectivity index (χ1) is 32.1. The van der Waals surface area contributed by atoms with Crippen molar-refractivity contribution in [2.75, 3.05) is 9.80 Å². The van der Waals surface area contributed by atoms with Crippen LogP contribution in [0.3, 0.4) is 0 Å². The maximum atomic E-state index is 7.47. The Hall–Kier alpha value is -6.00. The van der Waals surface area contributed by atoms with E-state index in [1.807, 2.05) is 0 Å². The summed E-state index contributed by atoms with van der Waals surface area (Å²) in [6.45, 7) is 31.1. The molecule has 0 amide bonds. The smallest absolute Gasteiger partial charge is 0.252 e. The molecule has 4 heteroatoms. The molecule has 3 heterocycles. The summed E-state index contributed by atoms with van der Waals surface area (Å²) >= 11 is 0. The van der Waals surface area contributed by atoms with Crippen LogP contribution in [0.2, 0.25) is 0 Å². The molecule has 0 atom stereocenters. The van der Waals surface area contributed by atoms with Crippen molar-refractivity contribution in [2.45, 2.75) is 143 Å². The van der Waals surface area contributed by atoms with Crippen LogP contribution in [0.1, 0.15) is 141 Å². The van der Waals surface area contributed by atoms with Crippen molar-refractivity contribution in [1.29, 1.82) is 0 Å². The molecule has 1 aromatic heterocycles. The van der Waals surface area contributed by atoms with Crippen LogP contribution < -0.4 is 26.2 Å². The van der Waals surface area contributed by atoms with Crippen molar-refractivity contribution in [1.82, 2.24) is 0 Å². The molecule has 68 heavy (non-hydrogen) atoms. The van der Waals surface area contributed by atoms with E-state index in [0.717, 1.165) is 36.1 Å². The van der Waals surface area contributed by atoms with Crippen LogP contribution in [0.15, 0.2) is 126 Å². The minimum Gasteiger partial charge on any atom is -0.454 e. The number of hydrogen-bond donors (Lipinski definition) is 0. The molecule has 12 rings (SSSR count). The van der Waals surface area contributed by atoms with Crippen molar-refractivity contribution in [2.24, 2.45) is 0 Å². The number of rotatable bonds is 3. The molecule has 0 radical (unpaired) electrons. The molecular weight excluding hydrogens is 824 g/mol. The van der Waals surface area contributed by atoms with E-state index >= 15 is 0 Å². The van der Waals surface area contributed by atoms with E-state index in [1.165, 1.54) is 112 Å². The van der Waals surface area contributed by atoms with Gasteiger partial charge in [0.2, 0.25) is 0 Å². The van der Waals surface area contributed by atoms with E-state index in [2.05, 4.69) is 221 Å². The molecule has 0 saturated carbocycles. The number of aryl methyl sites for hydroxylation is 2. The quantitative estimate of drug-likeness (QED) is 0.165. The third kappa shape index (κ3) is 6.24. The second-order valence-electron chi connectivity index (χ2n) is 24.8. The Kier molecular flexibility index (Phi) is 9.10. The zero-order valence-electron chi connectivity index (χ0n) is 42.8. The highest BCUT2D eigenvalue weighted by molar-refractivity contribution is 7.00. The van der Waals surface area contributed by atoms with Gasteiger partial charge in [-0.3, -0.25) is 0 Å². The van der Waals surface area contributed by atoms with Crippen molar-refractivity contribution < 1.29 is 4.42 Å². The van der Waals surface area contributed by atoms with Gasteiger partial charge in [0.15, 0.2) is 5.58 Å². The average molecular weight is 891 g/mol. The fraction of sp³-hybridized carbons (Fsp3) is 0.344. The predicted molar refractivity (Wildman–Crippen MR) is 292 cm³/mol. The highest BCUT2D eigenvalue weighted by Gasteiger charge is 2.48. The Morgan fingerprint density at radius 1 is 0.471 bits per heavy atom. The summed E-state index contributed by atoms with van der Waals surface area (Å²) in [4.78, 5) is 5.25. The van der Waals surface area contributed by atoms with Gasteiger partial charge in [-0.15, -0.1) is 0 Å². The van der Waals surface area contributed by atoms with Gasteiger partial charge in [0.05, 0.1) is 5.69 Å². The molecule has 4 aliphatic rings. The molecule has 0 unspecified atom stereocenters. The van der Waals surface area contributed by atoms with Crippen molar-refractivity contribution in [3.05, 3.63) is 160 Å². The first kappa shape index (κ1) is 43.3. The van der Waals surface area contributed by atoms with Crippen LogP contribution in [0.5, 0.6) is 0 Å². The fourth-order valence-electron chi connectivity index (χ4n) is 12.9. The lowest BCUT2D eigenvalue weighted by Gasteiger charge is -2.47. The van der Waals surface area contributed by atoms with Crippen LogP contribution in [0, 0.1) is 13.8 Å². The number of hydrogen-bond acceptors (Lipinski definition) is 3. The Bertz CT molecular complexity index is 3430. The van der Waals surface area contributed by atoms with Crippen LogP contribution in [-0.4, -0.2) is 6.71 Å². The molecule has 3 nitrogen and oxygen atoms in total. The normalized spacial score (nSPS) is 18.2. The summed E-state index contributed by atoms with van der Waals surface area (Å²) in [5.41, 5.74) is 25.6. The number of benzene rings is 7. The van der Waals surface area contributed by atoms with Crippen LogP contribution in [0.25, 0.3) is 33.1 Å². The highest BCUT2D eigenvalue weighted by Crippen LogP contribution is 2.54. The molecule has 0 bridgehead atoms. The highest BCUT2D eigenvalue weighted by atomic mass is 16.3. The molecule has 8 aromatic rings. The monoisotopic (exact) mass is 891 g/mol. The van der Waals surface area contributed by atoms with Crippen LogP contribution in [-0.2, 0) is 27.1 Å². The summed E-state index contributed by atoms with van der Waals surface area (Å²) in [7, 11) is 0. The largest absolute Gasteiger partial charge is 0.454 e. The number of nitrogens with zero attached hydrogens (tertiary/aromatic N) is 2. The summed E-state index contributed by atoms with van der Waals surface area (Å²) in [6, 6.07) is 47.3. The van der Waals surface area contributed by atoms with Gasteiger partial charge in [0.1, 0.15) is 5.58 Å². The molecule has 2 aliphatic carbocycles. The van der Waals surface area contributed by atoms with E-state index in [1.54, 1.807) is 0 Å². The number of para-hydroxylation sites is 1. The molecule has 7 aromatic carbocycles. The van der Waals surface area contributed by atoms with Crippen molar-refractivity contribution >= 4 is 79.2 Å². The number of anilines is 6. The molecule has 342 valence electrons. The Labute approximate surface area is 405 Å². The average Bonchev–Trinajstić information content (AvgIpc) is 3.67. The van der Waals surface area contributed by atoms with Crippen molar-refractivity contribution in [3.63, 3.8) is 0 Å². The van der Waals surface area contributed by atoms with Gasteiger partial charge in [0.25, 0.3) is 6.71 Å². The second-order valence-corrected chi connectivity index (χ2v) is 24.8. The van der Waals surface area contributed by atoms with Gasteiger partial charge in [-0.05, 0) is 176 Å². The Morgan fingerprint density at radius 2 is 1.04 bits per heavy atom. The van der Waals surface area contributed by atoms with Gasteiger partial charge >= 0.3 is 0 Å². The summed E-state index contributed by atoms with van der Waals surface area (Å²) in [6.07, 6.45) is 4.64. The lowest BCUT2D eigenvalue weighted by Crippen LogP contribution is -2.62.